The molecular weight excluding hydrogens is 360 g/mol. The van der Waals surface area contributed by atoms with Gasteiger partial charge in [0.15, 0.2) is 0 Å². The van der Waals surface area contributed by atoms with Gasteiger partial charge in [0.05, 0.1) is 23.5 Å². The van der Waals surface area contributed by atoms with Gasteiger partial charge in [-0.05, 0) is 42.7 Å². The molecule has 3 aromatic rings. The van der Waals surface area contributed by atoms with E-state index in [4.69, 9.17) is 5.21 Å². The van der Waals surface area contributed by atoms with Gasteiger partial charge < -0.3 is 5.21 Å². The van der Waals surface area contributed by atoms with Crippen LogP contribution < -0.4 is 0 Å². The lowest BCUT2D eigenvalue weighted by atomic mass is 10.0. The van der Waals surface area contributed by atoms with Crippen LogP contribution in [0, 0.1) is 11.6 Å². The Bertz CT molecular complexity index is 1020. The van der Waals surface area contributed by atoms with Gasteiger partial charge >= 0.3 is 0 Å². The van der Waals surface area contributed by atoms with Gasteiger partial charge in [-0.3, -0.25) is 9.98 Å². The highest BCUT2D eigenvalue weighted by atomic mass is 19.1. The summed E-state index contributed by atoms with van der Waals surface area (Å²) in [5, 5.41) is 11.5. The predicted molar refractivity (Wildman–Crippen MR) is 104 cm³/mol. The molecule has 1 atom stereocenters. The van der Waals surface area contributed by atoms with E-state index >= 15 is 0 Å². The van der Waals surface area contributed by atoms with Crippen molar-refractivity contribution in [3.05, 3.63) is 89.1 Å². The molecule has 1 aliphatic rings. The smallest absolute Gasteiger partial charge is 0.135 e. The third-order valence-corrected chi connectivity index (χ3v) is 4.80. The molecule has 1 N–H and O–H groups in total. The number of benzene rings is 2. The Labute approximate surface area is 160 Å². The lowest BCUT2D eigenvalue weighted by Gasteiger charge is -2.08. The number of oxime groups is 1. The maximum absolute atomic E-state index is 14.0. The Hall–Kier alpha value is -3.41. The van der Waals surface area contributed by atoms with E-state index in [1.54, 1.807) is 6.20 Å². The van der Waals surface area contributed by atoms with Gasteiger partial charge in [0, 0.05) is 23.0 Å². The Balaban J connectivity index is 1.55. The Morgan fingerprint density at radius 3 is 2.39 bits per heavy atom. The highest BCUT2D eigenvalue weighted by Gasteiger charge is 2.24. The first-order chi connectivity index (χ1) is 13.7. The monoisotopic (exact) mass is 377 g/mol. The van der Waals surface area contributed by atoms with Gasteiger partial charge in [0.25, 0.3) is 0 Å². The van der Waals surface area contributed by atoms with Crippen molar-refractivity contribution in [2.75, 3.05) is 0 Å². The van der Waals surface area contributed by atoms with Crippen LogP contribution in [-0.4, -0.2) is 22.1 Å². The van der Waals surface area contributed by atoms with E-state index in [0.29, 0.717) is 17.7 Å². The molecule has 28 heavy (non-hydrogen) atoms. The molecule has 6 heteroatoms. The van der Waals surface area contributed by atoms with Crippen LogP contribution in [-0.2, 0) is 0 Å². The molecule has 1 aromatic heterocycles. The summed E-state index contributed by atoms with van der Waals surface area (Å²) in [6, 6.07) is 15.3. The zero-order valence-electron chi connectivity index (χ0n) is 14.9. The number of halogens is 2. The third-order valence-electron chi connectivity index (χ3n) is 4.80. The molecule has 0 aliphatic carbocycles. The molecule has 2 aromatic carbocycles. The molecule has 0 radical (unpaired) electrons. The number of rotatable bonds is 4. The van der Waals surface area contributed by atoms with E-state index in [2.05, 4.69) is 15.1 Å². The molecule has 1 aliphatic heterocycles. The largest absolute Gasteiger partial charge is 0.411 e. The van der Waals surface area contributed by atoms with E-state index in [1.165, 1.54) is 24.4 Å². The minimum atomic E-state index is -0.574. The average molecular weight is 377 g/mol. The molecule has 4 rings (SSSR count). The molecule has 0 fully saturated rings. The fourth-order valence-corrected chi connectivity index (χ4v) is 3.39. The van der Waals surface area contributed by atoms with Crippen LogP contribution in [0.2, 0.25) is 0 Å². The van der Waals surface area contributed by atoms with Gasteiger partial charge in [-0.1, -0.05) is 35.5 Å². The van der Waals surface area contributed by atoms with E-state index in [9.17, 15) is 8.78 Å². The number of hydrogen-bond acceptors (Lipinski definition) is 4. The van der Waals surface area contributed by atoms with Crippen LogP contribution in [0.3, 0.4) is 0 Å². The molecule has 0 amide bonds. The van der Waals surface area contributed by atoms with Gasteiger partial charge in [0.2, 0.25) is 0 Å². The molecular formula is C22H17F2N3O. The van der Waals surface area contributed by atoms with Crippen LogP contribution in [0.15, 0.2) is 70.9 Å². The summed E-state index contributed by atoms with van der Waals surface area (Å²) >= 11 is 0. The SMILES string of the molecule is O/N=C/c1ccc(-c2ccc(C3CCC(c4c(F)cccc4F)=N3)cc2)nc1. The summed E-state index contributed by atoms with van der Waals surface area (Å²) in [5.74, 6) is -1.15. The molecule has 1 unspecified atom stereocenters. The maximum atomic E-state index is 14.0. The molecule has 0 bridgehead atoms. The van der Waals surface area contributed by atoms with Gasteiger partial charge in [-0.25, -0.2) is 8.78 Å². The first-order valence-electron chi connectivity index (χ1n) is 8.90. The van der Waals surface area contributed by atoms with Gasteiger partial charge in [0.1, 0.15) is 11.6 Å². The van der Waals surface area contributed by atoms with Crippen LogP contribution in [0.5, 0.6) is 0 Å². The average Bonchev–Trinajstić information content (AvgIpc) is 3.19. The Morgan fingerprint density at radius 2 is 1.75 bits per heavy atom. The number of pyridine rings is 1. The number of nitrogens with zero attached hydrogens (tertiary/aromatic N) is 3. The van der Waals surface area contributed by atoms with E-state index in [-0.39, 0.29) is 11.6 Å². The zero-order valence-corrected chi connectivity index (χ0v) is 14.9. The number of aliphatic imine (C=N–C) groups is 1. The Morgan fingerprint density at radius 1 is 1.00 bits per heavy atom. The van der Waals surface area contributed by atoms with Crippen molar-refractivity contribution in [1.82, 2.24) is 4.98 Å². The van der Waals surface area contributed by atoms with Crippen LogP contribution in [0.4, 0.5) is 8.78 Å². The number of aromatic nitrogens is 1. The second-order valence-corrected chi connectivity index (χ2v) is 6.57. The molecule has 0 saturated carbocycles. The van der Waals surface area contributed by atoms with Crippen molar-refractivity contribution in [2.45, 2.75) is 18.9 Å². The Kier molecular flexibility index (Phi) is 4.93. The minimum absolute atomic E-state index is 0.0164. The standard InChI is InChI=1S/C22H17F2N3O/c23-17-2-1-3-18(24)22(17)21-11-10-20(27-21)16-7-5-15(6-8-16)19-9-4-14(12-25-19)13-26-28/h1-9,12-13,20,28H,10-11H2/b26-13+. The topological polar surface area (TPSA) is 57.8 Å². The lowest BCUT2D eigenvalue weighted by Crippen LogP contribution is -2.03. The van der Waals surface area contributed by atoms with Gasteiger partial charge in [-0.2, -0.15) is 0 Å². The van der Waals surface area contributed by atoms with Gasteiger partial charge in [-0.15, -0.1) is 0 Å². The van der Waals surface area contributed by atoms with Crippen molar-refractivity contribution in [3.8, 4) is 11.3 Å². The fraction of sp³-hybridized carbons (Fsp3) is 0.136. The van der Waals surface area contributed by atoms with E-state index in [1.807, 2.05) is 36.4 Å². The van der Waals surface area contributed by atoms with Crippen molar-refractivity contribution in [1.29, 1.82) is 0 Å². The predicted octanol–water partition coefficient (Wildman–Crippen LogP) is 5.16. The summed E-state index contributed by atoms with van der Waals surface area (Å²) in [6.07, 6.45) is 4.20. The van der Waals surface area contributed by atoms with Crippen LogP contribution in [0.1, 0.15) is 35.6 Å². The highest BCUT2D eigenvalue weighted by Crippen LogP contribution is 2.33. The van der Waals surface area contributed by atoms with Crippen molar-refractivity contribution >= 4 is 11.9 Å². The normalized spacial score (nSPS) is 16.5. The second-order valence-electron chi connectivity index (χ2n) is 6.57. The minimum Gasteiger partial charge on any atom is -0.411 e. The van der Waals surface area contributed by atoms with Crippen molar-refractivity contribution < 1.29 is 14.0 Å². The molecule has 2 heterocycles. The zero-order chi connectivity index (χ0) is 19.5. The van der Waals surface area contributed by atoms with Crippen molar-refractivity contribution in [2.24, 2.45) is 10.1 Å². The van der Waals surface area contributed by atoms with Crippen molar-refractivity contribution in [3.63, 3.8) is 0 Å². The lowest BCUT2D eigenvalue weighted by molar-refractivity contribution is 0.322. The van der Waals surface area contributed by atoms with Crippen LogP contribution >= 0.6 is 0 Å². The summed E-state index contributed by atoms with van der Waals surface area (Å²) in [7, 11) is 0. The summed E-state index contributed by atoms with van der Waals surface area (Å²) < 4.78 is 28.0. The van der Waals surface area contributed by atoms with Crippen LogP contribution in [0.25, 0.3) is 11.3 Å². The summed E-state index contributed by atoms with van der Waals surface area (Å²) in [4.78, 5) is 8.92. The first kappa shape index (κ1) is 18.0. The fourth-order valence-electron chi connectivity index (χ4n) is 3.39. The molecule has 4 nitrogen and oxygen atoms in total. The summed E-state index contributed by atoms with van der Waals surface area (Å²) in [6.45, 7) is 0. The highest BCUT2D eigenvalue weighted by molar-refractivity contribution is 6.02. The quantitative estimate of drug-likeness (QED) is 0.388. The number of hydrogen-bond donors (Lipinski definition) is 1. The molecule has 0 spiro atoms. The summed E-state index contributed by atoms with van der Waals surface area (Å²) in [5.41, 5.74) is 3.91. The van der Waals surface area contributed by atoms with E-state index < -0.39 is 11.6 Å². The third kappa shape index (κ3) is 3.53. The van der Waals surface area contributed by atoms with E-state index in [0.717, 1.165) is 23.2 Å². The molecule has 0 saturated heterocycles. The second kappa shape index (κ2) is 7.68. The first-order valence-corrected chi connectivity index (χ1v) is 8.90. The molecule has 140 valence electrons. The maximum Gasteiger partial charge on any atom is 0.135 e.